The van der Waals surface area contributed by atoms with Crippen LogP contribution in [0.4, 0.5) is 22.7 Å². The number of fused-ring (bicyclic) bond motifs is 1. The van der Waals surface area contributed by atoms with Gasteiger partial charge in [-0.3, -0.25) is 0 Å². The highest BCUT2D eigenvalue weighted by molar-refractivity contribution is 5.86. The lowest BCUT2D eigenvalue weighted by atomic mass is 9.97. The van der Waals surface area contributed by atoms with Crippen LogP contribution in [0.5, 0.6) is 0 Å². The molecule has 0 saturated heterocycles. The molecule has 0 heterocycles. The summed E-state index contributed by atoms with van der Waals surface area (Å²) in [7, 11) is 0. The molecular weight excluding hydrogens is 484 g/mol. The van der Waals surface area contributed by atoms with E-state index in [0.717, 1.165) is 12.8 Å². The quantitative estimate of drug-likeness (QED) is 0.221. The Kier molecular flexibility index (Phi) is 7.00. The van der Waals surface area contributed by atoms with Crippen LogP contribution in [0, 0.1) is 27.7 Å². The molecule has 0 bridgehead atoms. The van der Waals surface area contributed by atoms with Gasteiger partial charge in [-0.25, -0.2) is 0 Å². The van der Waals surface area contributed by atoms with Gasteiger partial charge in [0.1, 0.15) is 0 Å². The van der Waals surface area contributed by atoms with Crippen molar-refractivity contribution in [1.29, 1.82) is 0 Å². The summed E-state index contributed by atoms with van der Waals surface area (Å²) in [4.78, 5) is 4.91. The lowest BCUT2D eigenvalue weighted by Gasteiger charge is -2.34. The molecule has 0 amide bonds. The van der Waals surface area contributed by atoms with E-state index in [1.54, 1.807) is 0 Å². The lowest BCUT2D eigenvalue weighted by Crippen LogP contribution is -2.40. The van der Waals surface area contributed by atoms with Crippen LogP contribution in [0.1, 0.15) is 35.1 Å². The van der Waals surface area contributed by atoms with E-state index in [4.69, 9.17) is 0 Å². The third-order valence-corrected chi connectivity index (χ3v) is 7.86. The summed E-state index contributed by atoms with van der Waals surface area (Å²) in [5.74, 6) is 0. The van der Waals surface area contributed by atoms with Crippen LogP contribution >= 0.6 is 0 Å². The largest absolute Gasteiger partial charge is 0.314 e. The third kappa shape index (κ3) is 5.05. The molecule has 198 valence electrons. The fraction of sp³-hybridized carbons (Fsp3) is 0.158. The summed E-state index contributed by atoms with van der Waals surface area (Å²) in [6.07, 6.45) is 1.87. The monoisotopic (exact) mass is 520 g/mol. The molecule has 2 heteroatoms. The first kappa shape index (κ1) is 25.7. The van der Waals surface area contributed by atoms with E-state index in [1.807, 2.05) is 0 Å². The van der Waals surface area contributed by atoms with Gasteiger partial charge < -0.3 is 9.80 Å². The first-order chi connectivity index (χ1) is 19.5. The highest BCUT2D eigenvalue weighted by atomic mass is 15.2. The number of nitrogens with zero attached hydrogens (tertiary/aromatic N) is 2. The maximum absolute atomic E-state index is 2.45. The zero-order valence-corrected chi connectivity index (χ0v) is 23.9. The van der Waals surface area contributed by atoms with E-state index in [1.165, 1.54) is 66.8 Å². The highest BCUT2D eigenvalue weighted by Crippen LogP contribution is 2.37. The fourth-order valence-corrected chi connectivity index (χ4v) is 5.65. The van der Waals surface area contributed by atoms with Crippen molar-refractivity contribution in [2.75, 3.05) is 9.80 Å². The lowest BCUT2D eigenvalue weighted by molar-refractivity contribution is 0.969. The Morgan fingerprint density at radius 2 is 0.600 bits per heavy atom. The zero-order chi connectivity index (χ0) is 27.6. The second-order valence-electron chi connectivity index (χ2n) is 11.0. The predicted molar refractivity (Wildman–Crippen MR) is 171 cm³/mol. The van der Waals surface area contributed by atoms with Crippen LogP contribution in [0.25, 0.3) is 11.4 Å². The Labute approximate surface area is 238 Å². The van der Waals surface area contributed by atoms with Crippen molar-refractivity contribution in [3.63, 3.8) is 0 Å². The SMILES string of the molecule is Cc1ccc(N(C2=c3ccccc3=C(N(c3ccc(C)cc3)c3ccc(C)cc3)CC2)c2ccc(C)cc2)cc1. The van der Waals surface area contributed by atoms with Crippen molar-refractivity contribution < 1.29 is 0 Å². The van der Waals surface area contributed by atoms with Crippen LogP contribution in [0.3, 0.4) is 0 Å². The first-order valence-corrected chi connectivity index (χ1v) is 14.2. The standard InChI is InChI=1S/C38H36N2/c1-27-9-17-31(18-10-27)39(32-19-11-28(2)12-20-32)37-25-26-38(36-8-6-5-7-35(36)37)40(33-21-13-29(3)14-22-33)34-23-15-30(4)16-24-34/h5-24H,25-26H2,1-4H3. The Morgan fingerprint density at radius 1 is 0.350 bits per heavy atom. The molecule has 0 spiro atoms. The molecule has 2 nitrogen and oxygen atoms in total. The van der Waals surface area contributed by atoms with Gasteiger partial charge in [0, 0.05) is 44.6 Å². The van der Waals surface area contributed by atoms with E-state index >= 15 is 0 Å². The summed E-state index contributed by atoms with van der Waals surface area (Å²) in [5.41, 5.74) is 12.5. The van der Waals surface area contributed by atoms with Gasteiger partial charge >= 0.3 is 0 Å². The van der Waals surface area contributed by atoms with Crippen molar-refractivity contribution in [3.05, 3.63) is 154 Å². The number of benzene rings is 5. The number of hydrogen-bond acceptors (Lipinski definition) is 2. The topological polar surface area (TPSA) is 6.48 Å². The maximum Gasteiger partial charge on any atom is 0.0458 e. The minimum atomic E-state index is 0.933. The van der Waals surface area contributed by atoms with Crippen LogP contribution in [0.15, 0.2) is 121 Å². The predicted octanol–water partition coefficient (Wildman–Crippen LogP) is 8.61. The average molecular weight is 521 g/mol. The van der Waals surface area contributed by atoms with Gasteiger partial charge in [0.25, 0.3) is 0 Å². The van der Waals surface area contributed by atoms with Gasteiger partial charge in [0.2, 0.25) is 0 Å². The van der Waals surface area contributed by atoms with Crippen molar-refractivity contribution in [1.82, 2.24) is 0 Å². The van der Waals surface area contributed by atoms with Gasteiger partial charge in [0.15, 0.2) is 0 Å². The van der Waals surface area contributed by atoms with E-state index in [2.05, 4.69) is 159 Å². The fourth-order valence-electron chi connectivity index (χ4n) is 5.65. The Balaban J connectivity index is 1.62. The number of hydrogen-bond donors (Lipinski definition) is 0. The molecule has 40 heavy (non-hydrogen) atoms. The van der Waals surface area contributed by atoms with Crippen LogP contribution in [-0.2, 0) is 0 Å². The summed E-state index contributed by atoms with van der Waals surface area (Å²) in [6, 6.07) is 44.6. The molecular formula is C38H36N2. The van der Waals surface area contributed by atoms with E-state index < -0.39 is 0 Å². The molecule has 6 rings (SSSR count). The van der Waals surface area contributed by atoms with Crippen molar-refractivity contribution in [2.45, 2.75) is 40.5 Å². The molecule has 1 aliphatic rings. The van der Waals surface area contributed by atoms with Gasteiger partial charge in [-0.2, -0.15) is 0 Å². The molecule has 0 N–H and O–H groups in total. The van der Waals surface area contributed by atoms with Gasteiger partial charge in [-0.1, -0.05) is 95.1 Å². The molecule has 0 fully saturated rings. The number of rotatable bonds is 6. The first-order valence-electron chi connectivity index (χ1n) is 14.2. The molecule has 5 aromatic carbocycles. The van der Waals surface area contributed by atoms with Gasteiger partial charge in [0.05, 0.1) is 0 Å². The Hall–Kier alpha value is -4.56. The highest BCUT2D eigenvalue weighted by Gasteiger charge is 2.24. The van der Waals surface area contributed by atoms with E-state index in [-0.39, 0.29) is 0 Å². The maximum atomic E-state index is 2.45. The minimum Gasteiger partial charge on any atom is -0.314 e. The van der Waals surface area contributed by atoms with Crippen LogP contribution in [-0.4, -0.2) is 0 Å². The zero-order valence-electron chi connectivity index (χ0n) is 23.9. The van der Waals surface area contributed by atoms with Crippen molar-refractivity contribution in [3.8, 4) is 0 Å². The van der Waals surface area contributed by atoms with E-state index in [0.29, 0.717) is 0 Å². The smallest absolute Gasteiger partial charge is 0.0458 e. The van der Waals surface area contributed by atoms with Crippen molar-refractivity contribution >= 4 is 34.1 Å². The summed E-state index contributed by atoms with van der Waals surface area (Å²) < 4.78 is 0. The number of aryl methyl sites for hydroxylation is 4. The minimum absolute atomic E-state index is 0.933. The summed E-state index contributed by atoms with van der Waals surface area (Å²) >= 11 is 0. The second-order valence-corrected chi connectivity index (χ2v) is 11.0. The Morgan fingerprint density at radius 3 is 0.850 bits per heavy atom. The molecule has 0 aromatic heterocycles. The van der Waals surface area contributed by atoms with Crippen LogP contribution in [0.2, 0.25) is 0 Å². The van der Waals surface area contributed by atoms with Crippen LogP contribution < -0.4 is 20.2 Å². The molecule has 0 atom stereocenters. The molecule has 0 unspecified atom stereocenters. The number of anilines is 4. The second kappa shape index (κ2) is 10.9. The molecule has 5 aromatic rings. The summed E-state index contributed by atoms with van der Waals surface area (Å²) in [6.45, 7) is 8.59. The van der Waals surface area contributed by atoms with Gasteiger partial charge in [-0.05, 0) is 89.1 Å². The third-order valence-electron chi connectivity index (χ3n) is 7.86. The molecule has 0 aliphatic heterocycles. The normalized spacial score (nSPS) is 12.7. The van der Waals surface area contributed by atoms with Gasteiger partial charge in [-0.15, -0.1) is 0 Å². The van der Waals surface area contributed by atoms with Crippen molar-refractivity contribution in [2.24, 2.45) is 0 Å². The van der Waals surface area contributed by atoms with E-state index in [9.17, 15) is 0 Å². The molecule has 0 radical (unpaired) electrons. The summed E-state index contributed by atoms with van der Waals surface area (Å²) in [5, 5.41) is 2.57. The Bertz CT molecular complexity index is 1520. The molecule has 0 saturated carbocycles. The average Bonchev–Trinajstić information content (AvgIpc) is 2.98. The molecule has 1 aliphatic carbocycles.